The van der Waals surface area contributed by atoms with Crippen LogP contribution >= 0.6 is 11.3 Å². The second kappa shape index (κ2) is 8.70. The minimum atomic E-state index is -0.0722. The predicted octanol–water partition coefficient (Wildman–Crippen LogP) is 5.34. The van der Waals surface area contributed by atoms with Crippen molar-refractivity contribution in [3.63, 3.8) is 0 Å². The molecule has 0 amide bonds. The van der Waals surface area contributed by atoms with Crippen molar-refractivity contribution >= 4 is 22.3 Å². The van der Waals surface area contributed by atoms with Gasteiger partial charge in [0.1, 0.15) is 0 Å². The van der Waals surface area contributed by atoms with Crippen molar-refractivity contribution in [1.29, 1.82) is 0 Å². The second-order valence-electron chi connectivity index (χ2n) is 7.62. The van der Waals surface area contributed by atoms with Gasteiger partial charge >= 0.3 is 0 Å². The molecule has 1 saturated heterocycles. The van der Waals surface area contributed by atoms with Gasteiger partial charge in [-0.25, -0.2) is 4.98 Å². The zero-order chi connectivity index (χ0) is 19.3. The Balaban J connectivity index is 1.55. The monoisotopic (exact) mass is 390 g/mol. The van der Waals surface area contributed by atoms with Gasteiger partial charge in [-0.05, 0) is 38.2 Å². The van der Waals surface area contributed by atoms with Crippen molar-refractivity contribution < 1.29 is 4.79 Å². The molecule has 1 atom stereocenters. The molecular formula is C24H26N2OS. The molecule has 144 valence electrons. The van der Waals surface area contributed by atoms with Gasteiger partial charge in [0.05, 0.1) is 0 Å². The smallest absolute Gasteiger partial charge is 0.185 e. The van der Waals surface area contributed by atoms with E-state index >= 15 is 0 Å². The molecule has 1 unspecified atom stereocenters. The lowest BCUT2D eigenvalue weighted by Crippen LogP contribution is -2.20. The van der Waals surface area contributed by atoms with E-state index in [2.05, 4.69) is 41.1 Å². The number of hydrogen-bond acceptors (Lipinski definition) is 4. The molecule has 0 spiro atoms. The average molecular weight is 391 g/mol. The number of aryl methyl sites for hydroxylation is 1. The van der Waals surface area contributed by atoms with Gasteiger partial charge in [-0.1, -0.05) is 60.2 Å². The number of rotatable bonds is 7. The van der Waals surface area contributed by atoms with Crippen molar-refractivity contribution in [2.75, 3.05) is 18.0 Å². The highest BCUT2D eigenvalue weighted by Crippen LogP contribution is 2.29. The maximum Gasteiger partial charge on any atom is 0.185 e. The number of nitrogens with zero attached hydrogens (tertiary/aromatic N) is 2. The highest BCUT2D eigenvalue weighted by Gasteiger charge is 2.23. The largest absolute Gasteiger partial charge is 0.348 e. The van der Waals surface area contributed by atoms with Crippen LogP contribution < -0.4 is 4.90 Å². The summed E-state index contributed by atoms with van der Waals surface area (Å²) in [6.45, 7) is 4.29. The summed E-state index contributed by atoms with van der Waals surface area (Å²) in [6, 6.07) is 18.2. The first-order chi connectivity index (χ1) is 13.7. The average Bonchev–Trinajstić information content (AvgIpc) is 3.41. The van der Waals surface area contributed by atoms with Crippen LogP contribution in [-0.2, 0) is 12.8 Å². The van der Waals surface area contributed by atoms with E-state index in [1.165, 1.54) is 28.8 Å². The van der Waals surface area contributed by atoms with Gasteiger partial charge in [0.2, 0.25) is 0 Å². The van der Waals surface area contributed by atoms with E-state index in [-0.39, 0.29) is 11.7 Å². The topological polar surface area (TPSA) is 33.2 Å². The number of anilines is 1. The Morgan fingerprint density at radius 2 is 1.75 bits per heavy atom. The Kier molecular flexibility index (Phi) is 5.87. The van der Waals surface area contributed by atoms with E-state index in [0.717, 1.165) is 36.6 Å². The van der Waals surface area contributed by atoms with Crippen LogP contribution in [0.25, 0.3) is 0 Å². The Morgan fingerprint density at radius 1 is 1.04 bits per heavy atom. The Hall–Kier alpha value is -2.46. The van der Waals surface area contributed by atoms with E-state index in [4.69, 9.17) is 0 Å². The number of carbonyl (C=O) groups is 1. The van der Waals surface area contributed by atoms with Crippen molar-refractivity contribution in [3.05, 3.63) is 82.4 Å². The van der Waals surface area contributed by atoms with Crippen molar-refractivity contribution in [1.82, 2.24) is 4.98 Å². The number of carbonyl (C=O) groups excluding carboxylic acids is 1. The van der Waals surface area contributed by atoms with Gasteiger partial charge < -0.3 is 4.90 Å². The zero-order valence-electron chi connectivity index (χ0n) is 16.3. The molecule has 1 aliphatic rings. The molecule has 0 bridgehead atoms. The molecule has 2 aromatic carbocycles. The van der Waals surface area contributed by atoms with Gasteiger partial charge in [-0.15, -0.1) is 11.3 Å². The fraction of sp³-hybridized carbons (Fsp3) is 0.333. The van der Waals surface area contributed by atoms with E-state index < -0.39 is 0 Å². The maximum atomic E-state index is 13.3. The van der Waals surface area contributed by atoms with Crippen LogP contribution in [0.15, 0.2) is 60.8 Å². The normalized spacial score (nSPS) is 15.0. The third-order valence-corrected chi connectivity index (χ3v) is 6.48. The molecular weight excluding hydrogens is 364 g/mol. The van der Waals surface area contributed by atoms with Crippen LogP contribution in [0.1, 0.15) is 39.2 Å². The number of hydrogen-bond donors (Lipinski definition) is 0. The summed E-state index contributed by atoms with van der Waals surface area (Å²) in [7, 11) is 0. The highest BCUT2D eigenvalue weighted by molar-refractivity contribution is 7.15. The van der Waals surface area contributed by atoms with E-state index in [9.17, 15) is 4.79 Å². The van der Waals surface area contributed by atoms with Gasteiger partial charge in [0, 0.05) is 35.6 Å². The van der Waals surface area contributed by atoms with Gasteiger partial charge in [0.25, 0.3) is 0 Å². The van der Waals surface area contributed by atoms with E-state index in [1.807, 2.05) is 36.5 Å². The SMILES string of the molecule is Cc1ccc(CC(Cc2cnc(N3CCCC3)s2)C(=O)c2ccccc2)cc1. The first-order valence-corrected chi connectivity index (χ1v) is 10.8. The second-order valence-corrected chi connectivity index (χ2v) is 8.72. The van der Waals surface area contributed by atoms with Gasteiger partial charge in [0.15, 0.2) is 10.9 Å². The molecule has 3 aromatic rings. The molecule has 4 heteroatoms. The first-order valence-electron chi connectivity index (χ1n) is 10.0. The fourth-order valence-electron chi connectivity index (χ4n) is 3.79. The zero-order valence-corrected chi connectivity index (χ0v) is 17.1. The fourth-order valence-corrected chi connectivity index (χ4v) is 4.83. The first kappa shape index (κ1) is 18.9. The molecule has 1 aliphatic heterocycles. The number of thiazole rings is 1. The molecule has 3 nitrogen and oxygen atoms in total. The third kappa shape index (κ3) is 4.50. The van der Waals surface area contributed by atoms with Crippen LogP contribution in [0.2, 0.25) is 0 Å². The molecule has 2 heterocycles. The van der Waals surface area contributed by atoms with Crippen LogP contribution in [0.3, 0.4) is 0 Å². The van der Waals surface area contributed by atoms with Crippen molar-refractivity contribution in [2.24, 2.45) is 5.92 Å². The summed E-state index contributed by atoms with van der Waals surface area (Å²) >= 11 is 1.75. The van der Waals surface area contributed by atoms with Gasteiger partial charge in [-0.3, -0.25) is 4.79 Å². The summed E-state index contributed by atoms with van der Waals surface area (Å²) in [5.74, 6) is 0.147. The Bertz CT molecular complexity index is 911. The van der Waals surface area contributed by atoms with Crippen LogP contribution in [0, 0.1) is 12.8 Å². The van der Waals surface area contributed by atoms with Crippen LogP contribution in [-0.4, -0.2) is 23.9 Å². The quantitative estimate of drug-likeness (QED) is 0.511. The minimum Gasteiger partial charge on any atom is -0.348 e. The minimum absolute atomic E-state index is 0.0722. The summed E-state index contributed by atoms with van der Waals surface area (Å²) in [5, 5.41) is 1.11. The lowest BCUT2D eigenvalue weighted by Gasteiger charge is -2.16. The lowest BCUT2D eigenvalue weighted by molar-refractivity contribution is 0.0919. The highest BCUT2D eigenvalue weighted by atomic mass is 32.1. The molecule has 0 aliphatic carbocycles. The lowest BCUT2D eigenvalue weighted by atomic mass is 9.88. The Morgan fingerprint density at radius 3 is 2.46 bits per heavy atom. The molecule has 1 aromatic heterocycles. The number of benzene rings is 2. The predicted molar refractivity (Wildman–Crippen MR) is 116 cm³/mol. The summed E-state index contributed by atoms with van der Waals surface area (Å²) in [5.41, 5.74) is 3.25. The standard InChI is InChI=1S/C24H26N2OS/c1-18-9-11-19(12-10-18)15-21(23(27)20-7-3-2-4-8-20)16-22-17-25-24(28-22)26-13-5-6-14-26/h2-4,7-12,17,21H,5-6,13-16H2,1H3. The summed E-state index contributed by atoms with van der Waals surface area (Å²) in [4.78, 5) is 21.5. The number of ketones is 1. The molecule has 0 N–H and O–H groups in total. The van der Waals surface area contributed by atoms with E-state index in [1.54, 1.807) is 11.3 Å². The van der Waals surface area contributed by atoms with Crippen molar-refractivity contribution in [3.8, 4) is 0 Å². The number of Topliss-reactive ketones (excluding diaryl/α,β-unsaturated/α-hetero) is 1. The molecule has 0 radical (unpaired) electrons. The van der Waals surface area contributed by atoms with Crippen molar-refractivity contribution in [2.45, 2.75) is 32.6 Å². The van der Waals surface area contributed by atoms with Gasteiger partial charge in [-0.2, -0.15) is 0 Å². The molecule has 28 heavy (non-hydrogen) atoms. The maximum absolute atomic E-state index is 13.3. The molecule has 1 fully saturated rings. The van der Waals surface area contributed by atoms with Crippen LogP contribution in [0.4, 0.5) is 5.13 Å². The summed E-state index contributed by atoms with van der Waals surface area (Å²) < 4.78 is 0. The third-order valence-electron chi connectivity index (χ3n) is 5.40. The van der Waals surface area contributed by atoms with E-state index in [0.29, 0.717) is 0 Å². The summed E-state index contributed by atoms with van der Waals surface area (Å²) in [6.07, 6.45) is 5.96. The molecule has 0 saturated carbocycles. The van der Waals surface area contributed by atoms with Crippen LogP contribution in [0.5, 0.6) is 0 Å². The number of aromatic nitrogens is 1. The molecule has 4 rings (SSSR count). The Labute approximate surface area is 171 Å².